The number of benzene rings is 2. The normalized spacial score (nSPS) is 10.7. The van der Waals surface area contributed by atoms with Gasteiger partial charge in [0.2, 0.25) is 0 Å². The van der Waals surface area contributed by atoms with E-state index < -0.39 is 18.5 Å². The van der Waals surface area contributed by atoms with Crippen molar-refractivity contribution in [3.8, 4) is 0 Å². The third-order valence-corrected chi connectivity index (χ3v) is 4.94. The highest BCUT2D eigenvalue weighted by atomic mass is 35.5. The molecule has 0 bridgehead atoms. The van der Waals surface area contributed by atoms with Crippen molar-refractivity contribution in [1.29, 1.82) is 0 Å². The maximum atomic E-state index is 11.9. The van der Waals surface area contributed by atoms with Crippen LogP contribution >= 0.6 is 23.4 Å². The van der Waals surface area contributed by atoms with Crippen molar-refractivity contribution in [2.75, 3.05) is 19.5 Å². The predicted octanol–water partition coefficient (Wildman–Crippen LogP) is 3.55. The fraction of sp³-hybridized carbons (Fsp3) is 0.211. The van der Waals surface area contributed by atoms with Crippen molar-refractivity contribution in [2.45, 2.75) is 11.7 Å². The summed E-state index contributed by atoms with van der Waals surface area (Å²) in [4.78, 5) is 27.5. The first-order valence-electron chi connectivity index (χ1n) is 8.12. The third kappa shape index (κ3) is 5.02. The summed E-state index contributed by atoms with van der Waals surface area (Å²) in [5.74, 6) is -1.08. The van der Waals surface area contributed by atoms with Crippen LogP contribution in [0.1, 0.15) is 5.56 Å². The Morgan fingerprint density at radius 3 is 2.67 bits per heavy atom. The highest BCUT2D eigenvalue weighted by Crippen LogP contribution is 2.27. The molecule has 0 amide bonds. The molecule has 0 spiro atoms. The number of nitrogens with zero attached hydrogens (tertiary/aromatic N) is 2. The number of imidazole rings is 1. The van der Waals surface area contributed by atoms with Crippen LogP contribution in [0.2, 0.25) is 5.02 Å². The molecule has 0 unspecified atom stereocenters. The van der Waals surface area contributed by atoms with Crippen molar-refractivity contribution in [3.05, 3.63) is 59.1 Å². The molecule has 1 heterocycles. The van der Waals surface area contributed by atoms with Crippen molar-refractivity contribution in [2.24, 2.45) is 0 Å². The van der Waals surface area contributed by atoms with Gasteiger partial charge in [0.15, 0.2) is 11.8 Å². The summed E-state index contributed by atoms with van der Waals surface area (Å²) >= 11 is 7.33. The van der Waals surface area contributed by atoms with E-state index in [-0.39, 0.29) is 5.75 Å². The van der Waals surface area contributed by atoms with Gasteiger partial charge in [-0.1, -0.05) is 53.7 Å². The number of halogens is 1. The lowest BCUT2D eigenvalue weighted by Crippen LogP contribution is -2.16. The zero-order valence-corrected chi connectivity index (χ0v) is 16.1. The van der Waals surface area contributed by atoms with Gasteiger partial charge in [-0.25, -0.2) is 9.78 Å². The Hall–Kier alpha value is -2.51. The van der Waals surface area contributed by atoms with Gasteiger partial charge >= 0.3 is 11.9 Å². The largest absolute Gasteiger partial charge is 0.466 e. The second kappa shape index (κ2) is 8.92. The van der Waals surface area contributed by atoms with E-state index in [0.717, 1.165) is 16.6 Å². The van der Waals surface area contributed by atoms with E-state index in [9.17, 15) is 9.59 Å². The van der Waals surface area contributed by atoms with Gasteiger partial charge < -0.3 is 14.0 Å². The highest BCUT2D eigenvalue weighted by Gasteiger charge is 2.15. The van der Waals surface area contributed by atoms with Crippen LogP contribution in [0, 0.1) is 0 Å². The predicted molar refractivity (Wildman–Crippen MR) is 104 cm³/mol. The molecule has 0 saturated heterocycles. The topological polar surface area (TPSA) is 70.4 Å². The maximum absolute atomic E-state index is 11.9. The molecule has 0 radical (unpaired) electrons. The standard InChI is InChI=1S/C19H17ClN2O4S/c1-25-17(23)11-26-18(24)12-27-19-21-15-9-14(20)7-8-16(15)22(19)10-13-5-3-2-4-6-13/h2-9H,10-12H2,1H3. The molecule has 0 aliphatic rings. The van der Waals surface area contributed by atoms with Crippen LogP contribution in [0.3, 0.4) is 0 Å². The van der Waals surface area contributed by atoms with Crippen LogP contribution in [-0.2, 0) is 25.6 Å². The number of aromatic nitrogens is 2. The number of esters is 2. The number of hydrogen-bond acceptors (Lipinski definition) is 6. The smallest absolute Gasteiger partial charge is 0.344 e. The average Bonchev–Trinajstić information content (AvgIpc) is 3.01. The second-order valence-electron chi connectivity index (χ2n) is 5.62. The number of rotatable bonds is 7. The van der Waals surface area contributed by atoms with E-state index in [0.29, 0.717) is 16.7 Å². The molecule has 27 heavy (non-hydrogen) atoms. The quantitative estimate of drug-likeness (QED) is 0.443. The van der Waals surface area contributed by atoms with Gasteiger partial charge in [0.25, 0.3) is 0 Å². The molecule has 0 saturated carbocycles. The molecule has 1 aromatic heterocycles. The van der Waals surface area contributed by atoms with E-state index in [1.165, 1.54) is 18.9 Å². The number of hydrogen-bond donors (Lipinski definition) is 0. The van der Waals surface area contributed by atoms with Gasteiger partial charge in [0.1, 0.15) is 0 Å². The first-order valence-corrected chi connectivity index (χ1v) is 9.48. The SMILES string of the molecule is COC(=O)COC(=O)CSc1nc2cc(Cl)ccc2n1Cc1ccccc1. The summed E-state index contributed by atoms with van der Waals surface area (Å²) in [5, 5.41) is 1.27. The Balaban J connectivity index is 1.80. The van der Waals surface area contributed by atoms with Crippen LogP contribution in [-0.4, -0.2) is 41.0 Å². The molecule has 0 N–H and O–H groups in total. The van der Waals surface area contributed by atoms with Gasteiger partial charge in [-0.3, -0.25) is 4.79 Å². The van der Waals surface area contributed by atoms with Gasteiger partial charge in [-0.15, -0.1) is 0 Å². The number of thioether (sulfide) groups is 1. The van der Waals surface area contributed by atoms with Crippen LogP contribution in [0.25, 0.3) is 11.0 Å². The van der Waals surface area contributed by atoms with Gasteiger partial charge in [0.05, 0.1) is 30.4 Å². The monoisotopic (exact) mass is 404 g/mol. The molecular formula is C19H17ClN2O4S. The van der Waals surface area contributed by atoms with Gasteiger partial charge in [-0.05, 0) is 23.8 Å². The minimum atomic E-state index is -0.598. The zero-order chi connectivity index (χ0) is 19.2. The maximum Gasteiger partial charge on any atom is 0.344 e. The Morgan fingerprint density at radius 1 is 1.15 bits per heavy atom. The third-order valence-electron chi connectivity index (χ3n) is 3.76. The minimum absolute atomic E-state index is 0.0306. The fourth-order valence-corrected chi connectivity index (χ4v) is 3.45. The average molecular weight is 405 g/mol. The Kier molecular flexibility index (Phi) is 6.36. The van der Waals surface area contributed by atoms with E-state index >= 15 is 0 Å². The summed E-state index contributed by atoms with van der Waals surface area (Å²) in [7, 11) is 1.24. The number of methoxy groups -OCH3 is 1. The van der Waals surface area contributed by atoms with Crippen molar-refractivity contribution in [1.82, 2.24) is 9.55 Å². The molecule has 0 atom stereocenters. The highest BCUT2D eigenvalue weighted by molar-refractivity contribution is 7.99. The first kappa shape index (κ1) is 19.3. The molecule has 3 aromatic rings. The zero-order valence-electron chi connectivity index (χ0n) is 14.6. The molecule has 0 aliphatic heterocycles. The molecule has 3 rings (SSSR count). The van der Waals surface area contributed by atoms with Gasteiger partial charge in [0, 0.05) is 5.02 Å². The molecule has 0 aliphatic carbocycles. The Labute approximate surface area is 165 Å². The molecule has 8 heteroatoms. The number of carbonyl (C=O) groups is 2. The minimum Gasteiger partial charge on any atom is -0.466 e. The lowest BCUT2D eigenvalue weighted by molar-refractivity contribution is -0.155. The van der Waals surface area contributed by atoms with Crippen LogP contribution < -0.4 is 0 Å². The Bertz CT molecular complexity index is 959. The van der Waals surface area contributed by atoms with Gasteiger partial charge in [-0.2, -0.15) is 0 Å². The Morgan fingerprint density at radius 2 is 1.93 bits per heavy atom. The summed E-state index contributed by atoms with van der Waals surface area (Å²) in [6.45, 7) is 0.213. The summed E-state index contributed by atoms with van der Waals surface area (Å²) in [5.41, 5.74) is 2.79. The first-order chi connectivity index (χ1) is 13.1. The lowest BCUT2D eigenvalue weighted by Gasteiger charge is -2.09. The van der Waals surface area contributed by atoms with Crippen molar-refractivity contribution < 1.29 is 19.1 Å². The summed E-state index contributed by atoms with van der Waals surface area (Å²) in [6.07, 6.45) is 0. The van der Waals surface area contributed by atoms with E-state index in [4.69, 9.17) is 16.3 Å². The fourth-order valence-electron chi connectivity index (χ4n) is 2.47. The van der Waals surface area contributed by atoms with Crippen molar-refractivity contribution in [3.63, 3.8) is 0 Å². The second-order valence-corrected chi connectivity index (χ2v) is 7.00. The van der Waals surface area contributed by atoms with Crippen molar-refractivity contribution >= 4 is 46.3 Å². The van der Waals surface area contributed by atoms with Crippen LogP contribution in [0.5, 0.6) is 0 Å². The van der Waals surface area contributed by atoms with Crippen LogP contribution in [0.4, 0.5) is 0 Å². The number of fused-ring (bicyclic) bond motifs is 1. The molecule has 6 nitrogen and oxygen atoms in total. The number of ether oxygens (including phenoxy) is 2. The molecule has 140 valence electrons. The molecule has 0 fully saturated rings. The molecular weight excluding hydrogens is 388 g/mol. The summed E-state index contributed by atoms with van der Waals surface area (Å²) in [6, 6.07) is 15.5. The van der Waals surface area contributed by atoms with E-state index in [1.807, 2.05) is 47.0 Å². The van der Waals surface area contributed by atoms with E-state index in [2.05, 4.69) is 9.72 Å². The number of carbonyl (C=O) groups excluding carboxylic acids is 2. The van der Waals surface area contributed by atoms with E-state index in [1.54, 1.807) is 6.07 Å². The summed E-state index contributed by atoms with van der Waals surface area (Å²) < 4.78 is 11.4. The lowest BCUT2D eigenvalue weighted by atomic mass is 10.2. The van der Waals surface area contributed by atoms with Crippen LogP contribution in [0.15, 0.2) is 53.7 Å². The molecule has 2 aromatic carbocycles.